The third-order valence-corrected chi connectivity index (χ3v) is 6.65. The summed E-state index contributed by atoms with van der Waals surface area (Å²) in [5.74, 6) is -0.0305. The quantitative estimate of drug-likeness (QED) is 0.863. The van der Waals surface area contributed by atoms with Gasteiger partial charge in [-0.05, 0) is 57.2 Å². The zero-order chi connectivity index (χ0) is 16.5. The number of anilines is 1. The minimum Gasteiger partial charge on any atom is -0.334 e. The van der Waals surface area contributed by atoms with Crippen LogP contribution in [-0.4, -0.2) is 42.0 Å². The van der Waals surface area contributed by atoms with Crippen LogP contribution in [0.4, 0.5) is 10.5 Å². The van der Waals surface area contributed by atoms with Crippen LogP contribution in [0.5, 0.6) is 0 Å². The predicted molar refractivity (Wildman–Crippen MR) is 91.0 cm³/mol. The average Bonchev–Trinajstić information content (AvgIpc) is 3.29. The second-order valence-electron chi connectivity index (χ2n) is 7.91. The molecule has 5 nitrogen and oxygen atoms in total. The summed E-state index contributed by atoms with van der Waals surface area (Å²) in [6.07, 6.45) is 6.17. The second-order valence-corrected chi connectivity index (χ2v) is 7.91. The van der Waals surface area contributed by atoms with Crippen molar-refractivity contribution in [2.24, 2.45) is 0 Å². The van der Waals surface area contributed by atoms with E-state index >= 15 is 0 Å². The Hall–Kier alpha value is -1.88. The van der Waals surface area contributed by atoms with Gasteiger partial charge < -0.3 is 10.2 Å². The monoisotopic (exact) mass is 325 g/mol. The number of para-hydroxylation sites is 1. The highest BCUT2D eigenvalue weighted by molar-refractivity contribution is 6.23. The number of fused-ring (bicyclic) bond motifs is 4. The van der Waals surface area contributed by atoms with Gasteiger partial charge in [-0.15, -0.1) is 0 Å². The molecule has 0 radical (unpaired) electrons. The predicted octanol–water partition coefficient (Wildman–Crippen LogP) is 2.40. The number of piperidine rings is 1. The zero-order valence-corrected chi connectivity index (χ0v) is 14.0. The van der Waals surface area contributed by atoms with Crippen molar-refractivity contribution in [1.82, 2.24) is 10.2 Å². The first kappa shape index (κ1) is 14.5. The van der Waals surface area contributed by atoms with Crippen LogP contribution < -0.4 is 10.2 Å². The Morgan fingerprint density at radius 3 is 2.50 bits per heavy atom. The van der Waals surface area contributed by atoms with E-state index in [1.165, 1.54) is 17.7 Å². The molecule has 4 aliphatic rings. The first-order valence-electron chi connectivity index (χ1n) is 9.07. The summed E-state index contributed by atoms with van der Waals surface area (Å²) < 4.78 is 0. The molecule has 3 fully saturated rings. The molecule has 24 heavy (non-hydrogen) atoms. The minimum atomic E-state index is -0.403. The van der Waals surface area contributed by atoms with Crippen LogP contribution in [0.15, 0.2) is 24.3 Å². The number of carbonyl (C=O) groups is 2. The van der Waals surface area contributed by atoms with Crippen LogP contribution in [0.2, 0.25) is 0 Å². The highest BCUT2D eigenvalue weighted by atomic mass is 16.2. The molecule has 2 saturated heterocycles. The molecule has 1 saturated carbocycles. The van der Waals surface area contributed by atoms with Crippen molar-refractivity contribution >= 4 is 17.6 Å². The smallest absolute Gasteiger partial charge is 0.329 e. The summed E-state index contributed by atoms with van der Waals surface area (Å²) >= 11 is 0. The van der Waals surface area contributed by atoms with Crippen LogP contribution in [0.3, 0.4) is 0 Å². The first-order valence-corrected chi connectivity index (χ1v) is 9.07. The molecule has 1 N–H and O–H groups in total. The summed E-state index contributed by atoms with van der Waals surface area (Å²) in [5.41, 5.74) is 1.42. The Labute approximate surface area is 142 Å². The van der Waals surface area contributed by atoms with Gasteiger partial charge in [-0.1, -0.05) is 18.2 Å². The number of benzene rings is 1. The van der Waals surface area contributed by atoms with Gasteiger partial charge in [0.25, 0.3) is 0 Å². The maximum Gasteiger partial charge on any atom is 0.329 e. The fraction of sp³-hybridized carbons (Fsp3) is 0.579. The van der Waals surface area contributed by atoms with Gasteiger partial charge in [0, 0.05) is 18.1 Å². The molecular weight excluding hydrogens is 302 g/mol. The van der Waals surface area contributed by atoms with Crippen LogP contribution in [0.25, 0.3) is 0 Å². The Balaban J connectivity index is 1.37. The van der Waals surface area contributed by atoms with Crippen molar-refractivity contribution in [1.29, 1.82) is 0 Å². The number of carbonyl (C=O) groups excluding carboxylic acids is 2. The van der Waals surface area contributed by atoms with Crippen LogP contribution >= 0.6 is 0 Å². The topological polar surface area (TPSA) is 52.7 Å². The Bertz CT molecular complexity index is 713. The van der Waals surface area contributed by atoms with E-state index in [1.807, 2.05) is 24.3 Å². The highest BCUT2D eigenvalue weighted by Gasteiger charge is 2.60. The first-order chi connectivity index (χ1) is 11.6. The lowest BCUT2D eigenvalue weighted by Crippen LogP contribution is -2.53. The summed E-state index contributed by atoms with van der Waals surface area (Å²) in [5, 5.41) is 3.16. The van der Waals surface area contributed by atoms with Gasteiger partial charge in [-0.3, -0.25) is 4.79 Å². The maximum atomic E-state index is 12.9. The lowest BCUT2D eigenvalue weighted by molar-refractivity contribution is -0.119. The molecule has 3 heterocycles. The van der Waals surface area contributed by atoms with Crippen LogP contribution in [0.1, 0.15) is 44.1 Å². The molecule has 3 amide bonds. The van der Waals surface area contributed by atoms with Crippen molar-refractivity contribution in [3.8, 4) is 0 Å². The van der Waals surface area contributed by atoms with E-state index in [0.717, 1.165) is 36.9 Å². The summed E-state index contributed by atoms with van der Waals surface area (Å²) in [7, 11) is 2.19. The molecule has 1 aromatic rings. The van der Waals surface area contributed by atoms with E-state index in [0.29, 0.717) is 12.1 Å². The second kappa shape index (κ2) is 4.82. The zero-order valence-electron chi connectivity index (χ0n) is 14.0. The van der Waals surface area contributed by atoms with E-state index in [4.69, 9.17) is 0 Å². The molecule has 126 valence electrons. The van der Waals surface area contributed by atoms with Gasteiger partial charge in [-0.2, -0.15) is 0 Å². The Morgan fingerprint density at radius 2 is 1.83 bits per heavy atom. The van der Waals surface area contributed by atoms with Gasteiger partial charge >= 0.3 is 6.03 Å². The van der Waals surface area contributed by atoms with Crippen molar-refractivity contribution in [2.75, 3.05) is 11.9 Å². The SMILES string of the molecule is CN1C2CCC1CC(NC(=O)N1C(=O)C3(CC3)c3ccccc31)C2. The molecule has 2 atom stereocenters. The number of hydrogen-bond acceptors (Lipinski definition) is 3. The minimum absolute atomic E-state index is 0.0305. The third kappa shape index (κ3) is 1.85. The molecule has 1 spiro atoms. The van der Waals surface area contributed by atoms with Gasteiger partial charge in [0.05, 0.1) is 11.1 Å². The lowest BCUT2D eigenvalue weighted by Gasteiger charge is -2.37. The van der Waals surface area contributed by atoms with Gasteiger partial charge in [0.2, 0.25) is 5.91 Å². The molecular formula is C19H23N3O2. The number of hydrogen-bond donors (Lipinski definition) is 1. The van der Waals surface area contributed by atoms with E-state index in [2.05, 4.69) is 17.3 Å². The molecule has 5 rings (SSSR count). The summed E-state index contributed by atoms with van der Waals surface area (Å²) in [6.45, 7) is 0. The lowest BCUT2D eigenvalue weighted by atomic mass is 9.98. The molecule has 2 bridgehead atoms. The summed E-state index contributed by atoms with van der Waals surface area (Å²) in [4.78, 5) is 29.6. The van der Waals surface area contributed by atoms with E-state index in [1.54, 1.807) is 0 Å². The number of rotatable bonds is 1. The summed E-state index contributed by atoms with van der Waals surface area (Å²) in [6, 6.07) is 8.87. The highest BCUT2D eigenvalue weighted by Crippen LogP contribution is 2.57. The molecule has 1 aromatic carbocycles. The van der Waals surface area contributed by atoms with Gasteiger partial charge in [0.1, 0.15) is 0 Å². The van der Waals surface area contributed by atoms with Gasteiger partial charge in [0.15, 0.2) is 0 Å². The number of imide groups is 1. The molecule has 3 aliphatic heterocycles. The number of amides is 3. The van der Waals surface area contributed by atoms with Crippen molar-refractivity contribution in [3.05, 3.63) is 29.8 Å². The van der Waals surface area contributed by atoms with E-state index in [-0.39, 0.29) is 18.0 Å². The standard InChI is InChI=1S/C19H23N3O2/c1-21-13-6-7-14(21)11-12(10-13)20-18(24)22-16-5-3-2-4-15(16)19(8-9-19)17(22)23/h2-5,12-14H,6-11H2,1H3,(H,20,24). The van der Waals surface area contributed by atoms with E-state index < -0.39 is 5.41 Å². The fourth-order valence-corrected chi connectivity index (χ4v) is 5.09. The normalized spacial score (nSPS) is 33.0. The van der Waals surface area contributed by atoms with Crippen LogP contribution in [0, 0.1) is 0 Å². The van der Waals surface area contributed by atoms with Crippen molar-refractivity contribution in [3.63, 3.8) is 0 Å². The number of urea groups is 1. The fourth-order valence-electron chi connectivity index (χ4n) is 5.09. The molecule has 1 aliphatic carbocycles. The Kier molecular flexibility index (Phi) is 2.90. The number of nitrogens with zero attached hydrogens (tertiary/aromatic N) is 2. The largest absolute Gasteiger partial charge is 0.334 e. The van der Waals surface area contributed by atoms with Gasteiger partial charge in [-0.25, -0.2) is 9.69 Å². The van der Waals surface area contributed by atoms with Crippen molar-refractivity contribution in [2.45, 2.75) is 62.1 Å². The van der Waals surface area contributed by atoms with Crippen molar-refractivity contribution < 1.29 is 9.59 Å². The van der Waals surface area contributed by atoms with E-state index in [9.17, 15) is 9.59 Å². The average molecular weight is 325 g/mol. The Morgan fingerprint density at radius 1 is 1.17 bits per heavy atom. The third-order valence-electron chi connectivity index (χ3n) is 6.65. The molecule has 0 aromatic heterocycles. The maximum absolute atomic E-state index is 12.9. The number of nitrogens with one attached hydrogen (secondary N) is 1. The molecule has 2 unspecified atom stereocenters. The van der Waals surface area contributed by atoms with Crippen LogP contribution in [-0.2, 0) is 10.2 Å². The molecule has 5 heteroatoms.